The molecule has 230 valence electrons. The molecule has 11 nitrogen and oxygen atoms in total. The van der Waals surface area contributed by atoms with Gasteiger partial charge < -0.3 is 21.1 Å². The van der Waals surface area contributed by atoms with E-state index in [0.717, 1.165) is 9.58 Å². The second kappa shape index (κ2) is 12.3. The summed E-state index contributed by atoms with van der Waals surface area (Å²) in [4.78, 5) is 30.6. The third kappa shape index (κ3) is 7.32. The van der Waals surface area contributed by atoms with E-state index in [0.29, 0.717) is 4.90 Å². The number of rotatable bonds is 8. The first kappa shape index (κ1) is 31.9. The molecule has 18 heteroatoms. The second-order valence-electron chi connectivity index (χ2n) is 9.48. The van der Waals surface area contributed by atoms with Crippen molar-refractivity contribution in [3.05, 3.63) is 70.0 Å². The van der Waals surface area contributed by atoms with E-state index in [1.807, 2.05) is 0 Å². The van der Waals surface area contributed by atoms with Gasteiger partial charge in [-0.15, -0.1) is 5.10 Å². The van der Waals surface area contributed by atoms with Crippen molar-refractivity contribution in [1.82, 2.24) is 25.0 Å². The Labute approximate surface area is 250 Å². The molecule has 2 heterocycles. The zero-order valence-corrected chi connectivity index (χ0v) is 23.3. The van der Waals surface area contributed by atoms with Gasteiger partial charge in [0.15, 0.2) is 11.9 Å². The van der Waals surface area contributed by atoms with E-state index in [4.69, 9.17) is 34.3 Å². The number of nitrogens with one attached hydrogen (secondary N) is 2. The first-order valence-electron chi connectivity index (χ1n) is 12.4. The molecule has 43 heavy (non-hydrogen) atoms. The highest BCUT2D eigenvalue weighted by atomic mass is 35.5. The largest absolute Gasteiger partial charge is 0.416 e. The molecule has 2 atom stereocenters. The smallest absolute Gasteiger partial charge is 0.382 e. The van der Waals surface area contributed by atoms with Gasteiger partial charge in [0.2, 0.25) is 11.9 Å². The number of carbonyl (C=O) groups is 2. The molecule has 0 saturated carbocycles. The highest BCUT2D eigenvalue weighted by molar-refractivity contribution is 6.32. The van der Waals surface area contributed by atoms with Crippen molar-refractivity contribution >= 4 is 46.9 Å². The summed E-state index contributed by atoms with van der Waals surface area (Å²) in [6, 6.07) is 8.76. The Kier molecular flexibility index (Phi) is 9.13. The topological polar surface area (TPSA) is 153 Å². The number of carbonyl (C=O) groups excluding carboxylic acids is 2. The average Bonchev–Trinajstić information content (AvgIpc) is 3.50. The van der Waals surface area contributed by atoms with Crippen LogP contribution < -0.4 is 16.0 Å². The van der Waals surface area contributed by atoms with Crippen LogP contribution in [-0.4, -0.2) is 79.9 Å². The van der Waals surface area contributed by atoms with Crippen LogP contribution in [0.2, 0.25) is 10.0 Å². The summed E-state index contributed by atoms with van der Waals surface area (Å²) in [6.07, 6.45) is -8.97. The van der Waals surface area contributed by atoms with Crippen LogP contribution >= 0.6 is 23.2 Å². The summed E-state index contributed by atoms with van der Waals surface area (Å²) in [7, 11) is 0. The van der Waals surface area contributed by atoms with Crippen molar-refractivity contribution in [3.8, 4) is 5.69 Å². The molecule has 1 aliphatic heterocycles. The van der Waals surface area contributed by atoms with Gasteiger partial charge in [0.25, 0.3) is 5.92 Å². The van der Waals surface area contributed by atoms with Gasteiger partial charge >= 0.3 is 12.2 Å². The third-order valence-corrected chi connectivity index (χ3v) is 6.91. The van der Waals surface area contributed by atoms with Crippen molar-refractivity contribution in [3.63, 3.8) is 0 Å². The SMILES string of the molecule is N=C(c1ccc(Cl)cc1)N(C[C@H](O)C(F)(F)F)C(=O)NCc1nc(N2CC(F)(F)C[C@@H]2C(N)=O)n(-c2ccccc2Cl)n1. The highest BCUT2D eigenvalue weighted by Gasteiger charge is 2.49. The summed E-state index contributed by atoms with van der Waals surface area (Å²) >= 11 is 12.1. The summed E-state index contributed by atoms with van der Waals surface area (Å²) in [5.41, 5.74) is 5.57. The Morgan fingerprint density at radius 1 is 1.19 bits per heavy atom. The van der Waals surface area contributed by atoms with Crippen molar-refractivity contribution < 1.29 is 36.6 Å². The zero-order valence-electron chi connectivity index (χ0n) is 21.8. The summed E-state index contributed by atoms with van der Waals surface area (Å²) in [5.74, 6) is -5.49. The van der Waals surface area contributed by atoms with E-state index >= 15 is 0 Å². The molecule has 0 aliphatic carbocycles. The molecule has 5 N–H and O–H groups in total. The van der Waals surface area contributed by atoms with E-state index in [1.165, 1.54) is 36.4 Å². The fourth-order valence-corrected chi connectivity index (χ4v) is 4.58. The number of halogens is 7. The van der Waals surface area contributed by atoms with E-state index in [9.17, 15) is 36.6 Å². The monoisotopic (exact) mass is 648 g/mol. The molecule has 3 aromatic rings. The summed E-state index contributed by atoms with van der Waals surface area (Å²) in [5, 5.41) is 24.9. The predicted molar refractivity (Wildman–Crippen MR) is 146 cm³/mol. The highest BCUT2D eigenvalue weighted by Crippen LogP contribution is 2.36. The summed E-state index contributed by atoms with van der Waals surface area (Å²) in [6.45, 7) is -2.83. The van der Waals surface area contributed by atoms with Gasteiger partial charge in [-0.2, -0.15) is 22.8 Å². The van der Waals surface area contributed by atoms with Gasteiger partial charge in [0.1, 0.15) is 11.9 Å². The maximum atomic E-state index is 14.4. The first-order chi connectivity index (χ1) is 20.1. The predicted octanol–water partition coefficient (Wildman–Crippen LogP) is 3.73. The number of primary amides is 1. The van der Waals surface area contributed by atoms with Crippen molar-refractivity contribution in [2.24, 2.45) is 5.73 Å². The quantitative estimate of drug-likeness (QED) is 0.166. The molecular weight excluding hydrogens is 626 g/mol. The maximum absolute atomic E-state index is 14.4. The molecule has 0 radical (unpaired) electrons. The van der Waals surface area contributed by atoms with Gasteiger partial charge in [-0.3, -0.25) is 15.1 Å². The van der Waals surface area contributed by atoms with Gasteiger partial charge in [-0.05, 0) is 36.4 Å². The van der Waals surface area contributed by atoms with Gasteiger partial charge in [0, 0.05) is 17.0 Å². The molecular formula is C25H23Cl2F5N8O3. The number of urea groups is 1. The minimum atomic E-state index is -5.10. The molecule has 4 rings (SSSR count). The van der Waals surface area contributed by atoms with Gasteiger partial charge in [-0.1, -0.05) is 35.3 Å². The molecule has 2 aromatic carbocycles. The van der Waals surface area contributed by atoms with Crippen molar-refractivity contribution in [2.75, 3.05) is 18.0 Å². The van der Waals surface area contributed by atoms with Crippen LogP contribution in [0.25, 0.3) is 5.69 Å². The lowest BCUT2D eigenvalue weighted by molar-refractivity contribution is -0.204. The summed E-state index contributed by atoms with van der Waals surface area (Å²) < 4.78 is 69.2. The first-order valence-corrected chi connectivity index (χ1v) is 13.1. The van der Waals surface area contributed by atoms with Crippen LogP contribution in [0.4, 0.5) is 32.7 Å². The van der Waals surface area contributed by atoms with E-state index in [-0.39, 0.29) is 33.1 Å². The number of anilines is 1. The zero-order chi connectivity index (χ0) is 31.7. The van der Waals surface area contributed by atoms with Crippen LogP contribution in [0.15, 0.2) is 48.5 Å². The standard InChI is InChI=1S/C25H23Cl2F5N8O3/c26-14-7-5-13(6-8-14)20(33)38(11-18(41)25(30,31)32)23(43)35-10-19-36-22(39-12-24(28,29)9-17(39)21(34)42)40(37-19)16-4-2-1-3-15(16)27/h1-8,17-18,33,41H,9-12H2,(H2,34,42)(H,35,43)/t17-,18+/m1/s1. The van der Waals surface area contributed by atoms with Crippen LogP contribution in [0, 0.1) is 5.41 Å². The number of para-hydroxylation sites is 1. The fraction of sp³-hybridized carbons (Fsp3) is 0.320. The maximum Gasteiger partial charge on any atom is 0.416 e. The minimum Gasteiger partial charge on any atom is -0.382 e. The number of hydrogen-bond donors (Lipinski definition) is 4. The molecule has 1 aromatic heterocycles. The van der Waals surface area contributed by atoms with Gasteiger partial charge in [-0.25, -0.2) is 13.6 Å². The van der Waals surface area contributed by atoms with Crippen LogP contribution in [0.1, 0.15) is 17.8 Å². The Morgan fingerprint density at radius 2 is 1.84 bits per heavy atom. The number of aliphatic hydroxyl groups is 1. The molecule has 1 saturated heterocycles. The molecule has 3 amide bonds. The van der Waals surface area contributed by atoms with Crippen LogP contribution in [-0.2, 0) is 11.3 Å². The number of aliphatic hydroxyl groups excluding tert-OH is 1. The number of nitrogens with two attached hydrogens (primary N) is 1. The molecule has 0 bridgehead atoms. The number of aromatic nitrogens is 3. The second-order valence-corrected chi connectivity index (χ2v) is 10.3. The van der Waals surface area contributed by atoms with E-state index < -0.39 is 68.1 Å². The minimum absolute atomic E-state index is 0.0183. The lowest BCUT2D eigenvalue weighted by Gasteiger charge is -2.27. The Bertz CT molecular complexity index is 1520. The lowest BCUT2D eigenvalue weighted by Crippen LogP contribution is -2.50. The normalized spacial score (nSPS) is 17.0. The van der Waals surface area contributed by atoms with Crippen molar-refractivity contribution in [1.29, 1.82) is 5.41 Å². The number of alkyl halides is 5. The third-order valence-electron chi connectivity index (χ3n) is 6.33. The van der Waals surface area contributed by atoms with E-state index in [1.54, 1.807) is 12.1 Å². The van der Waals surface area contributed by atoms with Crippen LogP contribution in [0.3, 0.4) is 0 Å². The Hall–Kier alpha value is -4.02. The van der Waals surface area contributed by atoms with Crippen molar-refractivity contribution in [2.45, 2.75) is 37.2 Å². The van der Waals surface area contributed by atoms with Crippen LogP contribution in [0.5, 0.6) is 0 Å². The molecule has 1 aliphatic rings. The number of benzene rings is 2. The average molecular weight is 649 g/mol. The molecule has 0 unspecified atom stereocenters. The van der Waals surface area contributed by atoms with Gasteiger partial charge in [0.05, 0.1) is 30.3 Å². The number of nitrogens with zero attached hydrogens (tertiary/aromatic N) is 5. The fourth-order valence-electron chi connectivity index (χ4n) is 4.24. The lowest BCUT2D eigenvalue weighted by atomic mass is 10.2. The molecule has 1 fully saturated rings. The number of amidine groups is 1. The molecule has 0 spiro atoms. The van der Waals surface area contributed by atoms with E-state index in [2.05, 4.69) is 15.4 Å². The number of amides is 3. The Morgan fingerprint density at radius 3 is 2.44 bits per heavy atom. The number of hydrogen-bond acceptors (Lipinski definition) is 7. The Balaban J connectivity index is 1.65.